The van der Waals surface area contributed by atoms with Gasteiger partial charge in [0.05, 0.1) is 13.0 Å². The number of nitrogens with one attached hydrogen (secondary N) is 1. The second-order valence-electron chi connectivity index (χ2n) is 4.57. The van der Waals surface area contributed by atoms with Crippen molar-refractivity contribution >= 4 is 17.5 Å². The first kappa shape index (κ1) is 13.4. The lowest BCUT2D eigenvalue weighted by molar-refractivity contribution is -0.136. The summed E-state index contributed by atoms with van der Waals surface area (Å²) < 4.78 is 5.53. The van der Waals surface area contributed by atoms with E-state index in [0.29, 0.717) is 6.61 Å². The van der Waals surface area contributed by atoms with Gasteiger partial charge in [0.1, 0.15) is 11.8 Å². The Morgan fingerprint density at radius 3 is 2.84 bits per heavy atom. The first-order valence-electron chi connectivity index (χ1n) is 6.41. The van der Waals surface area contributed by atoms with Crippen LogP contribution in [0.1, 0.15) is 19.8 Å². The first-order valence-corrected chi connectivity index (χ1v) is 6.41. The molecule has 1 heterocycles. The van der Waals surface area contributed by atoms with Crippen LogP contribution in [0.4, 0.5) is 5.69 Å². The predicted molar refractivity (Wildman–Crippen MR) is 72.0 cm³/mol. The molecule has 0 saturated carbocycles. The number of rotatable bonds is 5. The number of hydrogen-bond donors (Lipinski definition) is 1. The molecule has 5 heteroatoms. The predicted octanol–water partition coefficient (Wildman–Crippen LogP) is 1.64. The minimum atomic E-state index is -0.473. The molecule has 1 aliphatic heterocycles. The van der Waals surface area contributed by atoms with E-state index in [1.54, 1.807) is 0 Å². The Bertz CT molecular complexity index is 487. The number of likely N-dealkylation sites (tertiary alicyclic amines) is 1. The second-order valence-corrected chi connectivity index (χ2v) is 4.57. The van der Waals surface area contributed by atoms with E-state index in [2.05, 4.69) is 5.32 Å². The number of hydrogen-bond acceptors (Lipinski definition) is 4. The Balaban J connectivity index is 2.03. The number of carbonyl (C=O) groups excluding carboxylic acids is 2. The molecule has 2 rings (SSSR count). The number of ether oxygens (including phenoxy) is 1. The Morgan fingerprint density at radius 1 is 1.42 bits per heavy atom. The van der Waals surface area contributed by atoms with Gasteiger partial charge in [0.15, 0.2) is 0 Å². The van der Waals surface area contributed by atoms with Crippen molar-refractivity contribution in [3.8, 4) is 5.75 Å². The summed E-state index contributed by atoms with van der Waals surface area (Å²) in [4.78, 5) is 24.4. The minimum Gasteiger partial charge on any atom is -0.494 e. The van der Waals surface area contributed by atoms with E-state index >= 15 is 0 Å². The van der Waals surface area contributed by atoms with Crippen LogP contribution >= 0.6 is 0 Å². The number of benzene rings is 1. The monoisotopic (exact) mass is 262 g/mol. The molecular formula is C14H18N2O3. The fraction of sp³-hybridized carbons (Fsp3) is 0.429. The molecule has 0 radical (unpaired) electrons. The van der Waals surface area contributed by atoms with Crippen LogP contribution in [0.2, 0.25) is 0 Å². The van der Waals surface area contributed by atoms with Crippen LogP contribution in [0, 0.1) is 0 Å². The summed E-state index contributed by atoms with van der Waals surface area (Å²) in [5, 5.41) is 3.08. The van der Waals surface area contributed by atoms with Crippen molar-refractivity contribution in [2.24, 2.45) is 0 Å². The van der Waals surface area contributed by atoms with Crippen LogP contribution in [0.5, 0.6) is 5.75 Å². The van der Waals surface area contributed by atoms with Gasteiger partial charge in [-0.2, -0.15) is 0 Å². The maximum absolute atomic E-state index is 11.8. The van der Waals surface area contributed by atoms with Gasteiger partial charge in [0, 0.05) is 18.8 Å². The van der Waals surface area contributed by atoms with Gasteiger partial charge in [0.25, 0.3) is 5.91 Å². The van der Waals surface area contributed by atoms with Crippen LogP contribution < -0.4 is 10.1 Å². The van der Waals surface area contributed by atoms with E-state index in [1.807, 2.05) is 31.2 Å². The first-order chi connectivity index (χ1) is 9.11. The standard InChI is InChI=1S/C14H18N2O3/c1-3-7-19-11-6-4-5-10(8-11)15-12-9-13(17)16(2)14(12)18/h4-6,8,12,15H,3,7,9H2,1-2H3. The largest absolute Gasteiger partial charge is 0.494 e. The minimum absolute atomic E-state index is 0.152. The molecule has 1 atom stereocenters. The SMILES string of the molecule is CCCOc1cccc(NC2CC(=O)N(C)C2=O)c1. The Kier molecular flexibility index (Phi) is 4.04. The summed E-state index contributed by atoms with van der Waals surface area (Å²) in [5.74, 6) is 0.419. The Labute approximate surface area is 112 Å². The molecule has 5 nitrogen and oxygen atoms in total. The van der Waals surface area contributed by atoms with E-state index in [4.69, 9.17) is 4.74 Å². The lowest BCUT2D eigenvalue weighted by Gasteiger charge is -2.13. The number of carbonyl (C=O) groups is 2. The zero-order valence-electron chi connectivity index (χ0n) is 11.2. The maximum Gasteiger partial charge on any atom is 0.251 e. The zero-order valence-corrected chi connectivity index (χ0v) is 11.2. The van der Waals surface area contributed by atoms with Crippen molar-refractivity contribution in [2.75, 3.05) is 19.0 Å². The molecule has 102 valence electrons. The number of imide groups is 1. The molecule has 1 saturated heterocycles. The second kappa shape index (κ2) is 5.73. The molecule has 1 N–H and O–H groups in total. The van der Waals surface area contributed by atoms with Gasteiger partial charge in [-0.05, 0) is 18.6 Å². The summed E-state index contributed by atoms with van der Waals surface area (Å²) in [6.07, 6.45) is 1.15. The Morgan fingerprint density at radius 2 is 2.21 bits per heavy atom. The van der Waals surface area contributed by atoms with Gasteiger partial charge in [-0.3, -0.25) is 14.5 Å². The lowest BCUT2D eigenvalue weighted by atomic mass is 10.2. The van der Waals surface area contributed by atoms with Crippen molar-refractivity contribution in [1.82, 2.24) is 4.90 Å². The van der Waals surface area contributed by atoms with Crippen molar-refractivity contribution in [3.05, 3.63) is 24.3 Å². The van der Waals surface area contributed by atoms with Crippen molar-refractivity contribution in [3.63, 3.8) is 0 Å². The van der Waals surface area contributed by atoms with Gasteiger partial charge in [-0.1, -0.05) is 13.0 Å². The third-order valence-corrected chi connectivity index (χ3v) is 3.03. The molecular weight excluding hydrogens is 244 g/mol. The van der Waals surface area contributed by atoms with Crippen LogP contribution in [-0.2, 0) is 9.59 Å². The molecule has 1 unspecified atom stereocenters. The summed E-state index contributed by atoms with van der Waals surface area (Å²) in [5.41, 5.74) is 0.787. The highest BCUT2D eigenvalue weighted by Crippen LogP contribution is 2.21. The highest BCUT2D eigenvalue weighted by Gasteiger charge is 2.35. The summed E-state index contributed by atoms with van der Waals surface area (Å²) >= 11 is 0. The van der Waals surface area contributed by atoms with Crippen LogP contribution in [-0.4, -0.2) is 36.4 Å². The van der Waals surface area contributed by atoms with Crippen molar-refractivity contribution < 1.29 is 14.3 Å². The molecule has 0 aromatic heterocycles. The molecule has 0 spiro atoms. The molecule has 0 bridgehead atoms. The summed E-state index contributed by atoms with van der Waals surface area (Å²) in [6, 6.07) is 6.95. The molecule has 1 aromatic carbocycles. The quantitative estimate of drug-likeness (QED) is 0.820. The summed E-state index contributed by atoms with van der Waals surface area (Å²) in [7, 11) is 1.51. The average Bonchev–Trinajstić information content (AvgIpc) is 2.64. The van der Waals surface area contributed by atoms with E-state index < -0.39 is 6.04 Å². The molecule has 2 amide bonds. The van der Waals surface area contributed by atoms with Crippen molar-refractivity contribution in [2.45, 2.75) is 25.8 Å². The third-order valence-electron chi connectivity index (χ3n) is 3.03. The van der Waals surface area contributed by atoms with Gasteiger partial charge < -0.3 is 10.1 Å². The van der Waals surface area contributed by atoms with Crippen LogP contribution in [0.3, 0.4) is 0 Å². The highest BCUT2D eigenvalue weighted by atomic mass is 16.5. The van der Waals surface area contributed by atoms with Crippen molar-refractivity contribution in [1.29, 1.82) is 0 Å². The fourth-order valence-electron chi connectivity index (χ4n) is 1.97. The van der Waals surface area contributed by atoms with E-state index in [9.17, 15) is 9.59 Å². The molecule has 19 heavy (non-hydrogen) atoms. The highest BCUT2D eigenvalue weighted by molar-refractivity contribution is 6.06. The van der Waals surface area contributed by atoms with Gasteiger partial charge in [-0.15, -0.1) is 0 Å². The van der Waals surface area contributed by atoms with E-state index in [1.165, 1.54) is 7.05 Å². The average molecular weight is 262 g/mol. The molecule has 0 aliphatic carbocycles. The number of nitrogens with zero attached hydrogens (tertiary/aromatic N) is 1. The zero-order chi connectivity index (χ0) is 13.8. The molecule has 1 fully saturated rings. The fourth-order valence-corrected chi connectivity index (χ4v) is 1.97. The van der Waals surface area contributed by atoms with Gasteiger partial charge in [-0.25, -0.2) is 0 Å². The molecule has 1 aliphatic rings. The lowest BCUT2D eigenvalue weighted by Crippen LogP contribution is -2.31. The topological polar surface area (TPSA) is 58.6 Å². The normalized spacial score (nSPS) is 18.8. The summed E-state index contributed by atoms with van der Waals surface area (Å²) in [6.45, 7) is 2.70. The third kappa shape index (κ3) is 3.05. The van der Waals surface area contributed by atoms with Gasteiger partial charge >= 0.3 is 0 Å². The number of amides is 2. The van der Waals surface area contributed by atoms with E-state index in [0.717, 1.165) is 22.8 Å². The number of anilines is 1. The van der Waals surface area contributed by atoms with Crippen LogP contribution in [0.15, 0.2) is 24.3 Å². The van der Waals surface area contributed by atoms with Crippen LogP contribution in [0.25, 0.3) is 0 Å². The Hall–Kier alpha value is -2.04. The number of likely N-dealkylation sites (N-methyl/N-ethyl adjacent to an activating group) is 1. The van der Waals surface area contributed by atoms with E-state index in [-0.39, 0.29) is 18.2 Å². The van der Waals surface area contributed by atoms with Gasteiger partial charge in [0.2, 0.25) is 5.91 Å². The maximum atomic E-state index is 11.8. The smallest absolute Gasteiger partial charge is 0.251 e. The molecule has 1 aromatic rings.